The molecule has 0 bridgehead atoms. The standard InChI is InChI=1S/C8H16NOS/c1-3-9-5-6-11-7-8(9)10-4-2/h3-7H2,1-2H3/q+1. The molecule has 2 nitrogen and oxygen atoms in total. The van der Waals surface area contributed by atoms with Crippen molar-refractivity contribution in [3.05, 3.63) is 0 Å². The lowest BCUT2D eigenvalue weighted by Gasteiger charge is -2.12. The van der Waals surface area contributed by atoms with Crippen molar-refractivity contribution in [1.82, 2.24) is 0 Å². The molecule has 0 spiro atoms. The third kappa shape index (κ3) is 2.40. The molecular weight excluding hydrogens is 158 g/mol. The fourth-order valence-corrected chi connectivity index (χ4v) is 2.12. The van der Waals surface area contributed by atoms with Gasteiger partial charge in [-0.05, 0) is 13.8 Å². The van der Waals surface area contributed by atoms with Crippen LogP contribution in [0.4, 0.5) is 0 Å². The van der Waals surface area contributed by atoms with Gasteiger partial charge in [0.05, 0.1) is 12.4 Å². The van der Waals surface area contributed by atoms with E-state index in [4.69, 9.17) is 4.74 Å². The van der Waals surface area contributed by atoms with Crippen molar-refractivity contribution in [1.29, 1.82) is 0 Å². The van der Waals surface area contributed by atoms with Gasteiger partial charge in [-0.3, -0.25) is 0 Å². The molecule has 0 aromatic carbocycles. The molecule has 1 aliphatic heterocycles. The predicted octanol–water partition coefficient (Wildman–Crippen LogP) is 1.20. The van der Waals surface area contributed by atoms with Crippen LogP contribution in [0.5, 0.6) is 0 Å². The molecular formula is C8H16NOS+. The van der Waals surface area contributed by atoms with Crippen LogP contribution < -0.4 is 0 Å². The van der Waals surface area contributed by atoms with Crippen molar-refractivity contribution in [2.24, 2.45) is 0 Å². The van der Waals surface area contributed by atoms with Crippen molar-refractivity contribution in [2.75, 3.05) is 31.2 Å². The van der Waals surface area contributed by atoms with Gasteiger partial charge in [0.2, 0.25) is 0 Å². The monoisotopic (exact) mass is 174 g/mol. The summed E-state index contributed by atoms with van der Waals surface area (Å²) in [6.07, 6.45) is 0. The van der Waals surface area contributed by atoms with Crippen LogP contribution in [0.15, 0.2) is 0 Å². The summed E-state index contributed by atoms with van der Waals surface area (Å²) in [6, 6.07) is 0. The van der Waals surface area contributed by atoms with Gasteiger partial charge in [-0.2, -0.15) is 0 Å². The second-order valence-electron chi connectivity index (χ2n) is 2.46. The Morgan fingerprint density at radius 3 is 3.00 bits per heavy atom. The van der Waals surface area contributed by atoms with Crippen molar-refractivity contribution >= 4 is 17.7 Å². The second-order valence-corrected chi connectivity index (χ2v) is 3.56. The van der Waals surface area contributed by atoms with E-state index in [2.05, 4.69) is 11.5 Å². The highest BCUT2D eigenvalue weighted by Gasteiger charge is 2.19. The highest BCUT2D eigenvalue weighted by molar-refractivity contribution is 8.00. The van der Waals surface area contributed by atoms with Crippen LogP contribution >= 0.6 is 11.8 Å². The lowest BCUT2D eigenvalue weighted by atomic mass is 10.5. The predicted molar refractivity (Wildman–Crippen MR) is 49.6 cm³/mol. The Morgan fingerprint density at radius 2 is 2.36 bits per heavy atom. The molecule has 11 heavy (non-hydrogen) atoms. The number of hydrogen-bond donors (Lipinski definition) is 0. The average molecular weight is 174 g/mol. The molecule has 64 valence electrons. The fourth-order valence-electron chi connectivity index (χ4n) is 1.18. The van der Waals surface area contributed by atoms with E-state index in [-0.39, 0.29) is 0 Å². The second kappa shape index (κ2) is 4.65. The summed E-state index contributed by atoms with van der Waals surface area (Å²) in [5, 5.41) is 0. The van der Waals surface area contributed by atoms with Crippen LogP contribution in [0.3, 0.4) is 0 Å². The average Bonchev–Trinajstić information content (AvgIpc) is 2.06. The molecule has 1 rings (SSSR count). The maximum absolute atomic E-state index is 5.51. The Hall–Kier alpha value is -0.180. The number of nitrogens with zero attached hydrogens (tertiary/aromatic N) is 1. The minimum absolute atomic E-state index is 0.798. The molecule has 0 saturated carbocycles. The van der Waals surface area contributed by atoms with Crippen LogP contribution in [-0.4, -0.2) is 41.7 Å². The summed E-state index contributed by atoms with van der Waals surface area (Å²) in [5.41, 5.74) is 0. The summed E-state index contributed by atoms with van der Waals surface area (Å²) >= 11 is 1.96. The summed E-state index contributed by atoms with van der Waals surface area (Å²) in [5.74, 6) is 3.47. The number of rotatable bonds is 2. The zero-order valence-corrected chi connectivity index (χ0v) is 8.12. The van der Waals surface area contributed by atoms with E-state index in [9.17, 15) is 0 Å². The molecule has 0 aliphatic carbocycles. The van der Waals surface area contributed by atoms with Gasteiger partial charge in [0.1, 0.15) is 12.3 Å². The van der Waals surface area contributed by atoms with E-state index in [1.807, 2.05) is 18.7 Å². The Bertz CT molecular complexity index is 156. The number of ether oxygens (including phenoxy) is 1. The Balaban J connectivity index is 2.57. The van der Waals surface area contributed by atoms with Crippen LogP contribution in [0.25, 0.3) is 0 Å². The third-order valence-electron chi connectivity index (χ3n) is 1.78. The quantitative estimate of drug-likeness (QED) is 0.583. The topological polar surface area (TPSA) is 12.2 Å². The largest absolute Gasteiger partial charge is 0.448 e. The maximum atomic E-state index is 5.51. The Kier molecular flexibility index (Phi) is 3.77. The minimum atomic E-state index is 0.798. The van der Waals surface area contributed by atoms with Crippen LogP contribution in [-0.2, 0) is 4.74 Å². The van der Waals surface area contributed by atoms with Gasteiger partial charge in [0.25, 0.3) is 0 Å². The molecule has 0 saturated heterocycles. The molecule has 3 heteroatoms. The van der Waals surface area contributed by atoms with Crippen molar-refractivity contribution in [3.8, 4) is 0 Å². The van der Waals surface area contributed by atoms with E-state index in [0.29, 0.717) is 0 Å². The van der Waals surface area contributed by atoms with Gasteiger partial charge in [-0.15, -0.1) is 11.8 Å². The van der Waals surface area contributed by atoms with Gasteiger partial charge in [-0.1, -0.05) is 0 Å². The van der Waals surface area contributed by atoms with E-state index in [1.54, 1.807) is 0 Å². The number of hydrogen-bond acceptors (Lipinski definition) is 2. The van der Waals surface area contributed by atoms with E-state index in [0.717, 1.165) is 25.4 Å². The summed E-state index contributed by atoms with van der Waals surface area (Å²) in [7, 11) is 0. The van der Waals surface area contributed by atoms with Crippen LogP contribution in [0, 0.1) is 0 Å². The molecule has 0 atom stereocenters. The first-order chi connectivity index (χ1) is 5.38. The smallest absolute Gasteiger partial charge is 0.346 e. The zero-order chi connectivity index (χ0) is 8.10. The molecule has 0 aromatic rings. The first-order valence-corrected chi connectivity index (χ1v) is 5.35. The molecule has 0 fully saturated rings. The summed E-state index contributed by atoms with van der Waals surface area (Å²) in [4.78, 5) is 0. The highest BCUT2D eigenvalue weighted by Crippen LogP contribution is 2.07. The molecule has 1 aliphatic rings. The molecule has 0 radical (unpaired) electrons. The van der Waals surface area contributed by atoms with Crippen molar-refractivity contribution in [3.63, 3.8) is 0 Å². The van der Waals surface area contributed by atoms with Gasteiger partial charge >= 0.3 is 5.90 Å². The number of thioether (sulfide) groups is 1. The van der Waals surface area contributed by atoms with Crippen LogP contribution in [0.1, 0.15) is 13.8 Å². The minimum Gasteiger partial charge on any atom is -0.448 e. The van der Waals surface area contributed by atoms with Gasteiger partial charge < -0.3 is 4.74 Å². The van der Waals surface area contributed by atoms with Gasteiger partial charge in [-0.25, -0.2) is 4.58 Å². The summed E-state index contributed by atoms with van der Waals surface area (Å²) in [6.45, 7) is 7.24. The van der Waals surface area contributed by atoms with E-state index >= 15 is 0 Å². The van der Waals surface area contributed by atoms with Gasteiger partial charge in [0, 0.05) is 0 Å². The van der Waals surface area contributed by atoms with Gasteiger partial charge in [0.15, 0.2) is 6.54 Å². The van der Waals surface area contributed by atoms with E-state index < -0.39 is 0 Å². The normalized spacial score (nSPS) is 18.7. The Labute approximate surface area is 72.6 Å². The highest BCUT2D eigenvalue weighted by atomic mass is 32.2. The molecule has 0 N–H and O–H groups in total. The SMILES string of the molecule is CCOC1=[N+](CC)CCSC1. The first-order valence-electron chi connectivity index (χ1n) is 4.19. The van der Waals surface area contributed by atoms with E-state index in [1.165, 1.54) is 11.7 Å². The molecule has 0 unspecified atom stereocenters. The first kappa shape index (κ1) is 8.91. The zero-order valence-electron chi connectivity index (χ0n) is 7.30. The lowest BCUT2D eigenvalue weighted by Crippen LogP contribution is -2.31. The maximum Gasteiger partial charge on any atom is 0.346 e. The Morgan fingerprint density at radius 1 is 1.55 bits per heavy atom. The molecule has 1 heterocycles. The summed E-state index contributed by atoms with van der Waals surface area (Å²) < 4.78 is 7.83. The van der Waals surface area contributed by atoms with Crippen molar-refractivity contribution < 1.29 is 9.31 Å². The van der Waals surface area contributed by atoms with Crippen LogP contribution in [0.2, 0.25) is 0 Å². The third-order valence-corrected chi connectivity index (χ3v) is 2.70. The fraction of sp³-hybridized carbons (Fsp3) is 0.875. The lowest BCUT2D eigenvalue weighted by molar-refractivity contribution is -0.529. The molecule has 0 amide bonds. The van der Waals surface area contributed by atoms with Crippen molar-refractivity contribution in [2.45, 2.75) is 13.8 Å². The molecule has 0 aromatic heterocycles.